The van der Waals surface area contributed by atoms with Gasteiger partial charge in [0.15, 0.2) is 0 Å². The molecular weight excluding hydrogens is 364 g/mol. The number of rotatable bonds is 4. The average molecular weight is 386 g/mol. The molecule has 0 amide bonds. The Morgan fingerprint density at radius 3 is 2.17 bits per heavy atom. The minimum atomic E-state index is 0.0663. The zero-order valence-corrected chi connectivity index (χ0v) is 16.7. The second-order valence-electron chi connectivity index (χ2n) is 7.52. The lowest BCUT2D eigenvalue weighted by atomic mass is 9.70. The molecule has 0 radical (unpaired) electrons. The van der Waals surface area contributed by atoms with E-state index in [9.17, 15) is 10.5 Å². The normalized spacial score (nSPS) is 16.3. The molecule has 0 spiro atoms. The van der Waals surface area contributed by atoms with Crippen LogP contribution in [0.3, 0.4) is 0 Å². The number of hydrogen-bond donors (Lipinski definition) is 0. The van der Waals surface area contributed by atoms with E-state index < -0.39 is 0 Å². The summed E-state index contributed by atoms with van der Waals surface area (Å²) in [5, 5.41) is 19.5. The Morgan fingerprint density at radius 1 is 0.833 bits per heavy atom. The van der Waals surface area contributed by atoms with Crippen molar-refractivity contribution in [2.75, 3.05) is 0 Å². The first-order valence-corrected chi connectivity index (χ1v) is 10.2. The maximum absolute atomic E-state index is 9.73. The van der Waals surface area contributed by atoms with Gasteiger partial charge in [-0.15, -0.1) is 0 Å². The molecule has 1 unspecified atom stereocenters. The van der Waals surface area contributed by atoms with Crippen LogP contribution in [0.1, 0.15) is 34.6 Å². The van der Waals surface area contributed by atoms with Gasteiger partial charge in [0.1, 0.15) is 17.7 Å². The molecule has 1 aliphatic carbocycles. The van der Waals surface area contributed by atoms with E-state index in [0.717, 1.165) is 29.5 Å². The summed E-state index contributed by atoms with van der Waals surface area (Å²) in [6, 6.07) is 33.1. The molecule has 0 saturated heterocycles. The molecule has 0 N–H and O–H groups in total. The number of allylic oxidation sites excluding steroid dienone is 3. The summed E-state index contributed by atoms with van der Waals surface area (Å²) in [5.41, 5.74) is 5.70. The molecule has 2 nitrogen and oxygen atoms in total. The molecule has 2 atom stereocenters. The fourth-order valence-electron chi connectivity index (χ4n) is 4.41. The Bertz CT molecular complexity index is 1140. The third-order valence-electron chi connectivity index (χ3n) is 5.81. The van der Waals surface area contributed by atoms with Gasteiger partial charge in [0.25, 0.3) is 0 Å². The summed E-state index contributed by atoms with van der Waals surface area (Å²) in [5.74, 6) is 0.142. The summed E-state index contributed by atoms with van der Waals surface area (Å²) < 4.78 is 0. The highest BCUT2D eigenvalue weighted by Crippen LogP contribution is 2.45. The Hall–Kier alpha value is -3.88. The van der Waals surface area contributed by atoms with Crippen LogP contribution in [0.25, 0.3) is 11.6 Å². The summed E-state index contributed by atoms with van der Waals surface area (Å²) in [4.78, 5) is 0. The van der Waals surface area contributed by atoms with Crippen LogP contribution < -0.4 is 0 Å². The number of nitrogens with zero attached hydrogens (tertiary/aromatic N) is 2. The van der Waals surface area contributed by atoms with E-state index in [1.165, 1.54) is 11.1 Å². The average Bonchev–Trinajstić information content (AvgIpc) is 2.82. The standard InChI is InChI=1S/C28H22N2/c29-19-24(20-30)28-26-14-8-7-13-23(26)16-18-27(28)25(22-11-5-2-6-12-22)17-15-21-9-3-1-4-10-21/h1-15,17,25,27H,16,18H2/b17-15+/t25-,27?/m0/s1. The van der Waals surface area contributed by atoms with Crippen molar-refractivity contribution in [3.05, 3.63) is 119 Å². The first-order chi connectivity index (χ1) is 14.8. The van der Waals surface area contributed by atoms with E-state index in [4.69, 9.17) is 0 Å². The number of fused-ring (bicyclic) bond motifs is 1. The van der Waals surface area contributed by atoms with E-state index in [0.29, 0.717) is 0 Å². The van der Waals surface area contributed by atoms with E-state index in [1.807, 2.05) is 48.5 Å². The summed E-state index contributed by atoms with van der Waals surface area (Å²) in [6.45, 7) is 0. The van der Waals surface area contributed by atoms with Crippen molar-refractivity contribution in [2.45, 2.75) is 18.8 Å². The van der Waals surface area contributed by atoms with Gasteiger partial charge in [0, 0.05) is 5.92 Å². The van der Waals surface area contributed by atoms with Crippen molar-refractivity contribution in [3.63, 3.8) is 0 Å². The number of hydrogen-bond acceptors (Lipinski definition) is 2. The maximum atomic E-state index is 9.73. The molecule has 0 fully saturated rings. The van der Waals surface area contributed by atoms with Gasteiger partial charge in [-0.2, -0.15) is 10.5 Å². The summed E-state index contributed by atoms with van der Waals surface area (Å²) in [6.07, 6.45) is 6.22. The number of aryl methyl sites for hydroxylation is 1. The molecule has 30 heavy (non-hydrogen) atoms. The van der Waals surface area contributed by atoms with E-state index in [1.54, 1.807) is 0 Å². The monoisotopic (exact) mass is 386 g/mol. The van der Waals surface area contributed by atoms with Gasteiger partial charge in [-0.05, 0) is 46.6 Å². The quantitative estimate of drug-likeness (QED) is 0.478. The van der Waals surface area contributed by atoms with Gasteiger partial charge < -0.3 is 0 Å². The molecule has 0 bridgehead atoms. The van der Waals surface area contributed by atoms with Crippen molar-refractivity contribution in [1.82, 2.24) is 0 Å². The van der Waals surface area contributed by atoms with Crippen molar-refractivity contribution < 1.29 is 0 Å². The van der Waals surface area contributed by atoms with Gasteiger partial charge in [0.05, 0.1) is 0 Å². The molecule has 1 aliphatic rings. The van der Waals surface area contributed by atoms with Gasteiger partial charge in [-0.25, -0.2) is 0 Å². The van der Waals surface area contributed by atoms with Crippen molar-refractivity contribution in [3.8, 4) is 12.1 Å². The second-order valence-corrected chi connectivity index (χ2v) is 7.52. The molecule has 144 valence electrons. The fraction of sp³-hybridized carbons (Fsp3) is 0.143. The van der Waals surface area contributed by atoms with Crippen LogP contribution in [0, 0.1) is 28.6 Å². The third-order valence-corrected chi connectivity index (χ3v) is 5.81. The molecule has 2 heteroatoms. The van der Waals surface area contributed by atoms with Crippen LogP contribution >= 0.6 is 0 Å². The fourth-order valence-corrected chi connectivity index (χ4v) is 4.41. The number of benzene rings is 3. The Balaban J connectivity index is 1.85. The van der Waals surface area contributed by atoms with Crippen LogP contribution in [0.15, 0.2) is 96.6 Å². The highest BCUT2D eigenvalue weighted by atomic mass is 14.4. The van der Waals surface area contributed by atoms with Crippen molar-refractivity contribution >= 4 is 11.6 Å². The second kappa shape index (κ2) is 9.08. The van der Waals surface area contributed by atoms with Crippen LogP contribution in [-0.2, 0) is 6.42 Å². The van der Waals surface area contributed by atoms with Gasteiger partial charge >= 0.3 is 0 Å². The molecule has 0 heterocycles. The predicted octanol–water partition coefficient (Wildman–Crippen LogP) is 6.55. The Kier molecular flexibility index (Phi) is 5.88. The van der Waals surface area contributed by atoms with E-state index in [2.05, 4.69) is 60.7 Å². The lowest BCUT2D eigenvalue weighted by Crippen LogP contribution is -2.20. The lowest BCUT2D eigenvalue weighted by Gasteiger charge is -2.33. The smallest absolute Gasteiger partial charge is 0.133 e. The minimum Gasteiger partial charge on any atom is -0.192 e. The first kappa shape index (κ1) is 19.4. The molecule has 3 aromatic rings. The predicted molar refractivity (Wildman–Crippen MR) is 121 cm³/mol. The molecule has 3 aromatic carbocycles. The zero-order valence-electron chi connectivity index (χ0n) is 16.7. The van der Waals surface area contributed by atoms with Gasteiger partial charge in [0.2, 0.25) is 0 Å². The maximum Gasteiger partial charge on any atom is 0.133 e. The van der Waals surface area contributed by atoms with Crippen LogP contribution in [0.2, 0.25) is 0 Å². The number of nitriles is 2. The van der Waals surface area contributed by atoms with Crippen LogP contribution in [0.5, 0.6) is 0 Å². The molecule has 0 aliphatic heterocycles. The zero-order chi connectivity index (χ0) is 20.8. The van der Waals surface area contributed by atoms with Crippen molar-refractivity contribution in [2.24, 2.45) is 5.92 Å². The minimum absolute atomic E-state index is 0.0663. The van der Waals surface area contributed by atoms with Crippen molar-refractivity contribution in [1.29, 1.82) is 10.5 Å². The molecule has 4 rings (SSSR count). The van der Waals surface area contributed by atoms with E-state index >= 15 is 0 Å². The lowest BCUT2D eigenvalue weighted by molar-refractivity contribution is 0.538. The van der Waals surface area contributed by atoms with Crippen LogP contribution in [0.4, 0.5) is 0 Å². The summed E-state index contributed by atoms with van der Waals surface area (Å²) in [7, 11) is 0. The van der Waals surface area contributed by atoms with Gasteiger partial charge in [-0.3, -0.25) is 0 Å². The molecular formula is C28H22N2. The van der Waals surface area contributed by atoms with Gasteiger partial charge in [-0.1, -0.05) is 97.1 Å². The third kappa shape index (κ3) is 3.95. The Labute approximate surface area is 178 Å². The summed E-state index contributed by atoms with van der Waals surface area (Å²) >= 11 is 0. The highest BCUT2D eigenvalue weighted by Gasteiger charge is 2.32. The molecule has 0 saturated carbocycles. The SMILES string of the molecule is N#CC(C#N)=C1c2ccccc2CCC1[C@@H](/C=C/c1ccccc1)c1ccccc1. The topological polar surface area (TPSA) is 47.6 Å². The largest absolute Gasteiger partial charge is 0.192 e. The first-order valence-electron chi connectivity index (χ1n) is 10.2. The van der Waals surface area contributed by atoms with E-state index in [-0.39, 0.29) is 17.4 Å². The Morgan fingerprint density at radius 2 is 1.47 bits per heavy atom. The van der Waals surface area contributed by atoms with Crippen LogP contribution in [-0.4, -0.2) is 0 Å². The molecule has 0 aromatic heterocycles. The highest BCUT2D eigenvalue weighted by molar-refractivity contribution is 5.80.